The number of rotatable bonds is 6. The lowest BCUT2D eigenvalue weighted by molar-refractivity contribution is -0.136. The lowest BCUT2D eigenvalue weighted by Gasteiger charge is -2.25. The molecule has 2 atom stereocenters. The maximum atomic E-state index is 13.6. The van der Waals surface area contributed by atoms with Gasteiger partial charge in [-0.15, -0.1) is 11.3 Å². The van der Waals surface area contributed by atoms with Crippen LogP contribution in [0.15, 0.2) is 76.9 Å². The fraction of sp³-hybridized carbons (Fsp3) is 0.314. The Bertz CT molecular complexity index is 1910. The van der Waals surface area contributed by atoms with Gasteiger partial charge in [0, 0.05) is 48.4 Å². The van der Waals surface area contributed by atoms with E-state index in [9.17, 15) is 19.2 Å². The quantitative estimate of drug-likeness (QED) is 0.209. The van der Waals surface area contributed by atoms with Crippen LogP contribution in [0.2, 0.25) is 0 Å². The number of aromatic amines is 1. The van der Waals surface area contributed by atoms with Crippen molar-refractivity contribution in [1.82, 2.24) is 35.8 Å². The Morgan fingerprint density at radius 3 is 2.60 bits per heavy atom. The zero-order valence-electron chi connectivity index (χ0n) is 26.7. The molecule has 248 valence electrons. The van der Waals surface area contributed by atoms with E-state index in [0.717, 1.165) is 22.0 Å². The number of carbonyl (C=O) groups is 4. The van der Waals surface area contributed by atoms with E-state index < -0.39 is 23.9 Å². The number of aromatic nitrogens is 3. The number of hydrogen-bond acceptors (Lipinski definition) is 8. The van der Waals surface area contributed by atoms with Crippen molar-refractivity contribution in [2.45, 2.75) is 45.2 Å². The first kappa shape index (κ1) is 32.6. The lowest BCUT2D eigenvalue weighted by atomic mass is 10.0. The minimum Gasteiger partial charge on any atom is -0.446 e. The third-order valence-corrected chi connectivity index (χ3v) is 9.21. The molecule has 1 aliphatic rings. The maximum absolute atomic E-state index is 13.6. The Morgan fingerprint density at radius 2 is 1.79 bits per heavy atom. The fourth-order valence-corrected chi connectivity index (χ4v) is 6.72. The number of para-hydroxylation sites is 1. The maximum Gasteiger partial charge on any atom is 0.273 e. The number of carbonyl (C=O) groups excluding carboxylic acids is 4. The summed E-state index contributed by atoms with van der Waals surface area (Å²) in [4.78, 5) is 67.2. The molecule has 4 N–H and O–H groups in total. The van der Waals surface area contributed by atoms with Gasteiger partial charge in [-0.05, 0) is 29.5 Å². The normalized spacial score (nSPS) is 17.8. The van der Waals surface area contributed by atoms with Gasteiger partial charge < -0.3 is 30.3 Å². The molecule has 48 heavy (non-hydrogen) atoms. The molecular formula is C35H37N7O5S. The summed E-state index contributed by atoms with van der Waals surface area (Å²) in [6.07, 6.45) is 4.17. The van der Waals surface area contributed by atoms with Crippen molar-refractivity contribution >= 4 is 45.9 Å². The largest absolute Gasteiger partial charge is 0.446 e. The summed E-state index contributed by atoms with van der Waals surface area (Å²) in [5.74, 6) is -1.41. The number of fused-ring (bicyclic) bond motifs is 5. The number of oxazole rings is 1. The van der Waals surface area contributed by atoms with Crippen LogP contribution >= 0.6 is 11.3 Å². The summed E-state index contributed by atoms with van der Waals surface area (Å²) in [5.41, 5.74) is 3.15. The molecule has 2 aromatic carbocycles. The number of nitrogens with one attached hydrogen (secondary N) is 4. The molecule has 4 amide bonds. The number of thiazole rings is 1. The highest BCUT2D eigenvalue weighted by molar-refractivity contribution is 7.09. The van der Waals surface area contributed by atoms with E-state index in [1.54, 1.807) is 5.38 Å². The number of H-pyrrole nitrogens is 1. The highest BCUT2D eigenvalue weighted by Gasteiger charge is 2.28. The van der Waals surface area contributed by atoms with Crippen molar-refractivity contribution in [3.8, 4) is 0 Å². The van der Waals surface area contributed by atoms with Gasteiger partial charge in [0.15, 0.2) is 5.69 Å². The van der Waals surface area contributed by atoms with Gasteiger partial charge >= 0.3 is 0 Å². The molecule has 0 saturated heterocycles. The van der Waals surface area contributed by atoms with E-state index in [0.29, 0.717) is 17.8 Å². The second-order valence-corrected chi connectivity index (χ2v) is 13.0. The molecule has 1 aliphatic heterocycles. The Kier molecular flexibility index (Phi) is 9.95. The van der Waals surface area contributed by atoms with Crippen LogP contribution in [0.4, 0.5) is 0 Å². The summed E-state index contributed by atoms with van der Waals surface area (Å²) >= 11 is 1.28. The first-order valence-corrected chi connectivity index (χ1v) is 16.8. The van der Waals surface area contributed by atoms with E-state index in [4.69, 9.17) is 4.42 Å². The summed E-state index contributed by atoms with van der Waals surface area (Å²) in [7, 11) is 0. The van der Waals surface area contributed by atoms with Gasteiger partial charge in [0.25, 0.3) is 11.8 Å². The Morgan fingerprint density at radius 1 is 1.00 bits per heavy atom. The minimum atomic E-state index is -0.684. The monoisotopic (exact) mass is 667 g/mol. The molecule has 3 aromatic heterocycles. The van der Waals surface area contributed by atoms with Gasteiger partial charge in [0.2, 0.25) is 17.7 Å². The molecule has 6 rings (SSSR count). The molecule has 4 bridgehead atoms. The molecule has 0 fully saturated rings. The summed E-state index contributed by atoms with van der Waals surface area (Å²) < 4.78 is 5.71. The minimum absolute atomic E-state index is 0.0316. The summed E-state index contributed by atoms with van der Waals surface area (Å²) in [5, 5.41) is 12.0. The van der Waals surface area contributed by atoms with Crippen molar-refractivity contribution in [2.75, 3.05) is 19.6 Å². The number of amides is 4. The Labute approximate surface area is 281 Å². The average molecular weight is 668 g/mol. The van der Waals surface area contributed by atoms with E-state index in [2.05, 4.69) is 30.9 Å². The van der Waals surface area contributed by atoms with E-state index in [1.807, 2.05) is 74.6 Å². The van der Waals surface area contributed by atoms with Crippen LogP contribution in [0.25, 0.3) is 10.9 Å². The molecular weight excluding hydrogens is 630 g/mol. The first-order valence-electron chi connectivity index (χ1n) is 15.9. The van der Waals surface area contributed by atoms with Crippen LogP contribution in [0.3, 0.4) is 0 Å². The second kappa shape index (κ2) is 14.6. The Balaban J connectivity index is 1.25. The summed E-state index contributed by atoms with van der Waals surface area (Å²) in [6, 6.07) is 16.3. The fourth-order valence-electron chi connectivity index (χ4n) is 5.70. The van der Waals surface area contributed by atoms with E-state index in [-0.39, 0.29) is 61.1 Å². The van der Waals surface area contributed by atoms with Crippen molar-refractivity contribution in [3.63, 3.8) is 0 Å². The van der Waals surface area contributed by atoms with Crippen LogP contribution in [0.5, 0.6) is 0 Å². The number of benzene rings is 2. The average Bonchev–Trinajstić information content (AvgIpc) is 3.86. The smallest absolute Gasteiger partial charge is 0.273 e. The highest BCUT2D eigenvalue weighted by Crippen LogP contribution is 2.26. The van der Waals surface area contributed by atoms with Crippen molar-refractivity contribution in [3.05, 3.63) is 106 Å². The van der Waals surface area contributed by atoms with Gasteiger partial charge in [0.1, 0.15) is 23.0 Å². The molecule has 0 saturated carbocycles. The van der Waals surface area contributed by atoms with Crippen molar-refractivity contribution in [2.24, 2.45) is 5.92 Å². The number of aryl methyl sites for hydroxylation is 1. The topological polar surface area (TPSA) is 162 Å². The predicted molar refractivity (Wildman–Crippen MR) is 180 cm³/mol. The number of nitrogens with zero attached hydrogens (tertiary/aromatic N) is 3. The number of hydrogen-bond donors (Lipinski definition) is 4. The molecule has 0 radical (unpaired) electrons. The third kappa shape index (κ3) is 7.63. The molecule has 5 aromatic rings. The van der Waals surface area contributed by atoms with Crippen LogP contribution in [0.1, 0.15) is 75.4 Å². The molecule has 12 nitrogen and oxygen atoms in total. The van der Waals surface area contributed by atoms with Crippen LogP contribution in [0, 0.1) is 5.92 Å². The zero-order valence-corrected chi connectivity index (χ0v) is 27.5. The molecule has 0 spiro atoms. The molecule has 0 unspecified atom stereocenters. The van der Waals surface area contributed by atoms with Crippen LogP contribution in [-0.2, 0) is 22.4 Å². The Hall–Kier alpha value is -5.30. The third-order valence-electron chi connectivity index (χ3n) is 8.28. The first-order chi connectivity index (χ1) is 23.2. The second-order valence-electron chi connectivity index (χ2n) is 12.1. The molecule has 0 aliphatic carbocycles. The van der Waals surface area contributed by atoms with Crippen molar-refractivity contribution < 1.29 is 23.6 Å². The van der Waals surface area contributed by atoms with Crippen LogP contribution in [-0.4, -0.2) is 63.1 Å². The predicted octanol–water partition coefficient (Wildman–Crippen LogP) is 4.34. The zero-order chi connectivity index (χ0) is 33.6. The van der Waals surface area contributed by atoms with Gasteiger partial charge in [-0.3, -0.25) is 19.2 Å². The SMILES string of the molecule is CC(C)[C@@H]1NC(=O)CN(C(=O)CCc2c[nH]c3ccccc23)CCNC(=O)c2coc(n2)[C@H](Cc2ccccc2)NC(=O)c2csc1n2. The van der Waals surface area contributed by atoms with E-state index in [1.165, 1.54) is 22.5 Å². The molecule has 4 heterocycles. The standard InChI is InChI=1S/C35H37N7O5S/c1-21(2)31-35-40-28(20-48-35)33(46)38-26(16-22-8-4-3-5-9-22)34-39-27(19-47-34)32(45)36-14-15-42(18-29(43)41-31)30(44)13-12-23-17-37-25-11-7-6-10-24(23)25/h3-11,17,19-21,26,31,37H,12-16,18H2,1-2H3,(H,36,45)(H,38,46)(H,41,43)/t26-,31-/m0/s1. The van der Waals surface area contributed by atoms with Crippen LogP contribution < -0.4 is 16.0 Å². The lowest BCUT2D eigenvalue weighted by Crippen LogP contribution is -2.45. The van der Waals surface area contributed by atoms with Gasteiger partial charge in [-0.1, -0.05) is 62.4 Å². The molecule has 13 heteroatoms. The van der Waals surface area contributed by atoms with Gasteiger partial charge in [0.05, 0.1) is 12.6 Å². The van der Waals surface area contributed by atoms with E-state index >= 15 is 0 Å². The van der Waals surface area contributed by atoms with Gasteiger partial charge in [-0.2, -0.15) is 0 Å². The summed E-state index contributed by atoms with van der Waals surface area (Å²) in [6.45, 7) is 3.89. The van der Waals surface area contributed by atoms with Crippen molar-refractivity contribution in [1.29, 1.82) is 0 Å². The highest BCUT2D eigenvalue weighted by atomic mass is 32.1. The van der Waals surface area contributed by atoms with Gasteiger partial charge in [-0.25, -0.2) is 9.97 Å².